The second-order valence-corrected chi connectivity index (χ2v) is 4.41. The molecule has 2 rings (SSSR count). The van der Waals surface area contributed by atoms with Gasteiger partial charge in [0.25, 0.3) is 0 Å². The molecule has 0 aliphatic heterocycles. The highest BCUT2D eigenvalue weighted by molar-refractivity contribution is 6.35. The Morgan fingerprint density at radius 1 is 1.22 bits per heavy atom. The molecule has 0 aliphatic rings. The van der Waals surface area contributed by atoms with Gasteiger partial charge in [-0.25, -0.2) is 9.78 Å². The van der Waals surface area contributed by atoms with Gasteiger partial charge in [-0.1, -0.05) is 23.2 Å². The molecule has 0 aliphatic carbocycles. The molecule has 6 heteroatoms. The van der Waals surface area contributed by atoms with Crippen LogP contribution in [0.5, 0.6) is 0 Å². The van der Waals surface area contributed by atoms with Crippen molar-refractivity contribution in [1.82, 2.24) is 4.98 Å². The molecule has 0 unspecified atom stereocenters. The first-order valence-corrected chi connectivity index (χ1v) is 5.70. The minimum atomic E-state index is -1.13. The van der Waals surface area contributed by atoms with Crippen molar-refractivity contribution in [3.05, 3.63) is 46.1 Å². The van der Waals surface area contributed by atoms with Crippen LogP contribution in [0.4, 0.5) is 5.69 Å². The number of nitrogen functional groups attached to an aromatic ring is 1. The second kappa shape index (κ2) is 4.84. The van der Waals surface area contributed by atoms with Crippen LogP contribution in [-0.2, 0) is 0 Å². The summed E-state index contributed by atoms with van der Waals surface area (Å²) in [7, 11) is 0. The maximum absolute atomic E-state index is 10.9. The van der Waals surface area contributed by atoms with E-state index in [9.17, 15) is 4.79 Å². The maximum Gasteiger partial charge on any atom is 0.354 e. The molecule has 18 heavy (non-hydrogen) atoms. The fourth-order valence-electron chi connectivity index (χ4n) is 1.48. The zero-order valence-corrected chi connectivity index (χ0v) is 10.5. The zero-order chi connectivity index (χ0) is 13.3. The SMILES string of the molecule is Nc1ccc(C(=O)O)nc1-c1cc(Cl)ccc1Cl. The summed E-state index contributed by atoms with van der Waals surface area (Å²) in [5.74, 6) is -1.13. The van der Waals surface area contributed by atoms with Gasteiger partial charge in [0.1, 0.15) is 5.69 Å². The largest absolute Gasteiger partial charge is 0.477 e. The van der Waals surface area contributed by atoms with Crippen molar-refractivity contribution in [1.29, 1.82) is 0 Å². The van der Waals surface area contributed by atoms with E-state index in [1.807, 2.05) is 0 Å². The van der Waals surface area contributed by atoms with Crippen LogP contribution in [0.3, 0.4) is 0 Å². The normalized spacial score (nSPS) is 10.3. The summed E-state index contributed by atoms with van der Waals surface area (Å²) in [5.41, 5.74) is 6.83. The number of aromatic nitrogens is 1. The summed E-state index contributed by atoms with van der Waals surface area (Å²) < 4.78 is 0. The van der Waals surface area contributed by atoms with Crippen molar-refractivity contribution in [3.8, 4) is 11.3 Å². The molecule has 1 aromatic carbocycles. The molecule has 0 atom stereocenters. The number of aromatic carboxylic acids is 1. The van der Waals surface area contributed by atoms with Gasteiger partial charge in [-0.05, 0) is 30.3 Å². The fourth-order valence-corrected chi connectivity index (χ4v) is 1.86. The van der Waals surface area contributed by atoms with E-state index in [2.05, 4.69) is 4.98 Å². The van der Waals surface area contributed by atoms with E-state index in [0.717, 1.165) is 0 Å². The highest BCUT2D eigenvalue weighted by Crippen LogP contribution is 2.32. The average molecular weight is 283 g/mol. The van der Waals surface area contributed by atoms with Crippen LogP contribution in [0.2, 0.25) is 10.0 Å². The number of hydrogen-bond acceptors (Lipinski definition) is 3. The second-order valence-electron chi connectivity index (χ2n) is 3.56. The van der Waals surface area contributed by atoms with Crippen LogP contribution in [0.25, 0.3) is 11.3 Å². The number of nitrogens with two attached hydrogens (primary N) is 1. The van der Waals surface area contributed by atoms with E-state index in [4.69, 9.17) is 34.0 Å². The molecule has 4 nitrogen and oxygen atoms in total. The van der Waals surface area contributed by atoms with Gasteiger partial charge in [0.2, 0.25) is 0 Å². The average Bonchev–Trinajstić information content (AvgIpc) is 2.33. The van der Waals surface area contributed by atoms with Gasteiger partial charge in [-0.3, -0.25) is 0 Å². The molecular formula is C12H8Cl2N2O2. The van der Waals surface area contributed by atoms with Crippen molar-refractivity contribution in [2.75, 3.05) is 5.73 Å². The first kappa shape index (κ1) is 12.7. The number of carboxylic acids is 1. The van der Waals surface area contributed by atoms with Crippen LogP contribution in [0.1, 0.15) is 10.5 Å². The topological polar surface area (TPSA) is 76.2 Å². The van der Waals surface area contributed by atoms with Gasteiger partial charge in [0, 0.05) is 10.6 Å². The number of benzene rings is 1. The Morgan fingerprint density at radius 2 is 1.94 bits per heavy atom. The van der Waals surface area contributed by atoms with E-state index >= 15 is 0 Å². The third kappa shape index (κ3) is 2.39. The lowest BCUT2D eigenvalue weighted by Gasteiger charge is -2.08. The Labute approximate surface area is 113 Å². The molecule has 0 saturated heterocycles. The molecule has 0 spiro atoms. The summed E-state index contributed by atoms with van der Waals surface area (Å²) in [6.45, 7) is 0. The Morgan fingerprint density at radius 3 is 2.61 bits per heavy atom. The van der Waals surface area contributed by atoms with Gasteiger partial charge in [-0.2, -0.15) is 0 Å². The standard InChI is InChI=1S/C12H8Cl2N2O2/c13-6-1-2-8(14)7(5-6)11-9(15)3-4-10(16-11)12(17)18/h1-5H,15H2,(H,17,18). The van der Waals surface area contributed by atoms with E-state index < -0.39 is 5.97 Å². The Kier molecular flexibility index (Phi) is 3.41. The Bertz CT molecular complexity index is 629. The summed E-state index contributed by atoms with van der Waals surface area (Å²) in [6, 6.07) is 7.63. The predicted octanol–water partition coefficient (Wildman–Crippen LogP) is 3.34. The number of anilines is 1. The number of carboxylic acid groups (broad SMARTS) is 1. The van der Waals surface area contributed by atoms with Gasteiger partial charge in [0.15, 0.2) is 0 Å². The molecule has 3 N–H and O–H groups in total. The van der Waals surface area contributed by atoms with Crippen molar-refractivity contribution in [2.24, 2.45) is 0 Å². The molecule has 0 amide bonds. The smallest absolute Gasteiger partial charge is 0.354 e. The number of nitrogens with zero attached hydrogens (tertiary/aromatic N) is 1. The summed E-state index contributed by atoms with van der Waals surface area (Å²) in [6.07, 6.45) is 0. The summed E-state index contributed by atoms with van der Waals surface area (Å²) in [4.78, 5) is 14.9. The van der Waals surface area contributed by atoms with E-state index in [1.54, 1.807) is 18.2 Å². The summed E-state index contributed by atoms with van der Waals surface area (Å²) in [5, 5.41) is 9.78. The molecule has 0 saturated carbocycles. The van der Waals surface area contributed by atoms with Crippen molar-refractivity contribution < 1.29 is 9.90 Å². The predicted molar refractivity (Wildman–Crippen MR) is 71.1 cm³/mol. The van der Waals surface area contributed by atoms with Crippen LogP contribution >= 0.6 is 23.2 Å². The van der Waals surface area contributed by atoms with Crippen LogP contribution in [0, 0.1) is 0 Å². The van der Waals surface area contributed by atoms with Gasteiger partial charge < -0.3 is 10.8 Å². The molecule has 1 heterocycles. The third-order valence-electron chi connectivity index (χ3n) is 2.33. The first-order valence-electron chi connectivity index (χ1n) is 4.94. The Balaban J connectivity index is 2.66. The number of carbonyl (C=O) groups is 1. The minimum absolute atomic E-state index is 0.102. The van der Waals surface area contributed by atoms with E-state index in [-0.39, 0.29) is 5.69 Å². The molecule has 0 bridgehead atoms. The van der Waals surface area contributed by atoms with Crippen molar-refractivity contribution in [2.45, 2.75) is 0 Å². The lowest BCUT2D eigenvalue weighted by Crippen LogP contribution is -2.03. The quantitative estimate of drug-likeness (QED) is 0.886. The lowest BCUT2D eigenvalue weighted by atomic mass is 10.1. The molecule has 2 aromatic rings. The lowest BCUT2D eigenvalue weighted by molar-refractivity contribution is 0.0690. The van der Waals surface area contributed by atoms with Crippen LogP contribution < -0.4 is 5.73 Å². The van der Waals surface area contributed by atoms with Gasteiger partial charge in [-0.15, -0.1) is 0 Å². The number of rotatable bonds is 2. The van der Waals surface area contributed by atoms with Gasteiger partial charge >= 0.3 is 5.97 Å². The highest BCUT2D eigenvalue weighted by atomic mass is 35.5. The minimum Gasteiger partial charge on any atom is -0.477 e. The van der Waals surface area contributed by atoms with Crippen LogP contribution in [-0.4, -0.2) is 16.1 Å². The highest BCUT2D eigenvalue weighted by Gasteiger charge is 2.13. The number of halogens is 2. The maximum atomic E-state index is 10.9. The molecule has 92 valence electrons. The molecule has 1 aromatic heterocycles. The van der Waals surface area contributed by atoms with Crippen molar-refractivity contribution in [3.63, 3.8) is 0 Å². The van der Waals surface area contributed by atoms with Crippen molar-refractivity contribution >= 4 is 34.9 Å². The van der Waals surface area contributed by atoms with Gasteiger partial charge in [0.05, 0.1) is 16.4 Å². The zero-order valence-electron chi connectivity index (χ0n) is 9.02. The third-order valence-corrected chi connectivity index (χ3v) is 2.89. The molecule has 0 radical (unpaired) electrons. The van der Waals surface area contributed by atoms with Crippen LogP contribution in [0.15, 0.2) is 30.3 Å². The number of hydrogen-bond donors (Lipinski definition) is 2. The number of pyridine rings is 1. The Hall–Kier alpha value is -1.78. The summed E-state index contributed by atoms with van der Waals surface area (Å²) >= 11 is 11.9. The molecular weight excluding hydrogens is 275 g/mol. The molecule has 0 fully saturated rings. The first-order chi connectivity index (χ1) is 8.49. The fraction of sp³-hybridized carbons (Fsp3) is 0. The van der Waals surface area contributed by atoms with E-state index in [1.165, 1.54) is 12.1 Å². The monoisotopic (exact) mass is 282 g/mol. The van der Waals surface area contributed by atoms with E-state index in [0.29, 0.717) is 27.0 Å².